The summed E-state index contributed by atoms with van der Waals surface area (Å²) in [7, 11) is 3.16. The third-order valence-corrected chi connectivity index (χ3v) is 6.55. The lowest BCUT2D eigenvalue weighted by atomic mass is 9.64. The fourth-order valence-electron chi connectivity index (χ4n) is 4.91. The molecule has 0 saturated heterocycles. The molecule has 172 valence electrons. The molecule has 0 aliphatic heterocycles. The van der Waals surface area contributed by atoms with Crippen molar-refractivity contribution in [3.63, 3.8) is 0 Å². The first kappa shape index (κ1) is 24.0. The van der Waals surface area contributed by atoms with Gasteiger partial charge in [-0.15, -0.1) is 0 Å². The number of hydrogen-bond donors (Lipinski definition) is 2. The molecule has 1 aliphatic carbocycles. The Bertz CT molecular complexity index is 955. The Kier molecular flexibility index (Phi) is 7.36. The molecule has 1 aliphatic rings. The van der Waals surface area contributed by atoms with Crippen LogP contribution in [0.2, 0.25) is 0 Å². The number of carbonyl (C=O) groups is 2. The van der Waals surface area contributed by atoms with Gasteiger partial charge < -0.3 is 19.7 Å². The van der Waals surface area contributed by atoms with Crippen molar-refractivity contribution in [2.45, 2.75) is 64.6 Å². The molecule has 0 radical (unpaired) electrons. The average Bonchev–Trinajstić information content (AvgIpc) is 2.76. The molecule has 6 heteroatoms. The van der Waals surface area contributed by atoms with Crippen LogP contribution in [0.25, 0.3) is 0 Å². The Morgan fingerprint density at radius 1 is 0.781 bits per heavy atom. The Morgan fingerprint density at radius 2 is 1.22 bits per heavy atom. The number of ketones is 2. The summed E-state index contributed by atoms with van der Waals surface area (Å²) in [6, 6.07) is 7.37. The van der Waals surface area contributed by atoms with Crippen molar-refractivity contribution in [1.29, 1.82) is 0 Å². The Hall–Kier alpha value is -2.70. The van der Waals surface area contributed by atoms with Gasteiger partial charge in [-0.3, -0.25) is 9.59 Å². The number of phenols is 2. The van der Waals surface area contributed by atoms with E-state index in [0.717, 1.165) is 43.2 Å². The maximum absolute atomic E-state index is 12.3. The topological polar surface area (TPSA) is 93.1 Å². The highest BCUT2D eigenvalue weighted by atomic mass is 16.5. The molecule has 2 aromatic carbocycles. The van der Waals surface area contributed by atoms with E-state index >= 15 is 0 Å². The molecule has 0 unspecified atom stereocenters. The smallest absolute Gasteiger partial charge is 0.163 e. The van der Waals surface area contributed by atoms with Crippen LogP contribution in [0.15, 0.2) is 24.3 Å². The fourth-order valence-corrected chi connectivity index (χ4v) is 4.91. The second-order valence-electron chi connectivity index (χ2n) is 8.68. The van der Waals surface area contributed by atoms with Crippen LogP contribution in [0, 0.1) is 0 Å². The Balaban J connectivity index is 2.32. The predicted octanol–water partition coefficient (Wildman–Crippen LogP) is 5.05. The first-order valence-corrected chi connectivity index (χ1v) is 11.0. The number of carbonyl (C=O) groups excluding carboxylic acids is 2. The monoisotopic (exact) mass is 440 g/mol. The van der Waals surface area contributed by atoms with Crippen LogP contribution in [0.1, 0.15) is 88.9 Å². The van der Waals surface area contributed by atoms with Crippen molar-refractivity contribution in [1.82, 2.24) is 0 Å². The largest absolute Gasteiger partial charge is 0.507 e. The zero-order valence-electron chi connectivity index (χ0n) is 19.3. The predicted molar refractivity (Wildman–Crippen MR) is 122 cm³/mol. The van der Waals surface area contributed by atoms with Gasteiger partial charge in [0.15, 0.2) is 11.6 Å². The van der Waals surface area contributed by atoms with E-state index in [1.165, 1.54) is 13.8 Å². The molecule has 3 rings (SSSR count). The zero-order chi connectivity index (χ0) is 23.5. The van der Waals surface area contributed by atoms with Gasteiger partial charge in [0.2, 0.25) is 0 Å². The zero-order valence-corrected chi connectivity index (χ0v) is 19.3. The first-order chi connectivity index (χ1) is 15.2. The van der Waals surface area contributed by atoms with Crippen LogP contribution < -0.4 is 0 Å². The average molecular weight is 441 g/mol. The van der Waals surface area contributed by atoms with E-state index in [9.17, 15) is 19.8 Å². The minimum Gasteiger partial charge on any atom is -0.507 e. The maximum atomic E-state index is 12.3. The minimum atomic E-state index is -0.459. The van der Waals surface area contributed by atoms with Crippen LogP contribution >= 0.6 is 0 Å². The lowest BCUT2D eigenvalue weighted by Gasteiger charge is -2.40. The Morgan fingerprint density at radius 3 is 1.62 bits per heavy atom. The summed E-state index contributed by atoms with van der Waals surface area (Å²) < 4.78 is 10.6. The lowest BCUT2D eigenvalue weighted by molar-refractivity contribution is 0.101. The van der Waals surface area contributed by atoms with Crippen LogP contribution in [-0.4, -0.2) is 36.0 Å². The molecule has 0 heterocycles. The van der Waals surface area contributed by atoms with Crippen LogP contribution in [-0.2, 0) is 28.1 Å². The molecular weight excluding hydrogens is 408 g/mol. The van der Waals surface area contributed by atoms with Gasteiger partial charge in [0.05, 0.1) is 24.3 Å². The first-order valence-electron chi connectivity index (χ1n) is 11.0. The maximum Gasteiger partial charge on any atom is 0.163 e. The van der Waals surface area contributed by atoms with Gasteiger partial charge >= 0.3 is 0 Å². The highest BCUT2D eigenvalue weighted by Gasteiger charge is 2.38. The number of methoxy groups -OCH3 is 2. The summed E-state index contributed by atoms with van der Waals surface area (Å²) in [5.74, 6) is -0.680. The quantitative estimate of drug-likeness (QED) is 0.558. The van der Waals surface area contributed by atoms with E-state index in [0.29, 0.717) is 11.1 Å². The number of ether oxygens (including phenoxy) is 2. The minimum absolute atomic E-state index is 0.156. The van der Waals surface area contributed by atoms with E-state index in [2.05, 4.69) is 0 Å². The SMILES string of the molecule is COCc1cc(C2(c3cc(C(C)=O)c(O)c(C(C)=O)c3)CCCCC2)cc(COC)c1O. The van der Waals surface area contributed by atoms with Crippen LogP contribution in [0.4, 0.5) is 0 Å². The number of hydrogen-bond acceptors (Lipinski definition) is 6. The second kappa shape index (κ2) is 9.84. The molecule has 1 fully saturated rings. The molecule has 0 spiro atoms. The lowest BCUT2D eigenvalue weighted by Crippen LogP contribution is -2.31. The second-order valence-corrected chi connectivity index (χ2v) is 8.68. The van der Waals surface area contributed by atoms with Crippen molar-refractivity contribution >= 4 is 11.6 Å². The molecule has 2 N–H and O–H groups in total. The Labute approximate surface area is 189 Å². The molecule has 6 nitrogen and oxygen atoms in total. The molecule has 0 atom stereocenters. The van der Waals surface area contributed by atoms with Gasteiger partial charge in [0.25, 0.3) is 0 Å². The van der Waals surface area contributed by atoms with Crippen molar-refractivity contribution in [2.24, 2.45) is 0 Å². The number of Topliss-reactive ketones (excluding diaryl/α,β-unsaturated/α-hetero) is 2. The van der Waals surface area contributed by atoms with Gasteiger partial charge in [-0.1, -0.05) is 19.3 Å². The normalized spacial score (nSPS) is 15.5. The summed E-state index contributed by atoms with van der Waals surface area (Å²) in [4.78, 5) is 24.6. The van der Waals surface area contributed by atoms with E-state index in [4.69, 9.17) is 9.47 Å². The summed E-state index contributed by atoms with van der Waals surface area (Å²) in [5, 5.41) is 21.3. The summed E-state index contributed by atoms with van der Waals surface area (Å²) in [6.07, 6.45) is 4.75. The summed E-state index contributed by atoms with van der Waals surface area (Å²) in [5.41, 5.74) is 3.01. The molecule has 1 saturated carbocycles. The summed E-state index contributed by atoms with van der Waals surface area (Å²) in [6.45, 7) is 3.29. The third kappa shape index (κ3) is 4.43. The summed E-state index contributed by atoms with van der Waals surface area (Å²) >= 11 is 0. The van der Waals surface area contributed by atoms with Gasteiger partial charge in [-0.2, -0.15) is 0 Å². The van der Waals surface area contributed by atoms with Gasteiger partial charge in [0.1, 0.15) is 11.5 Å². The van der Waals surface area contributed by atoms with E-state index in [1.807, 2.05) is 12.1 Å². The van der Waals surface area contributed by atoms with Crippen molar-refractivity contribution in [3.05, 3.63) is 57.6 Å². The highest BCUT2D eigenvalue weighted by Crippen LogP contribution is 2.48. The number of phenolic OH excluding ortho intramolecular Hbond substituents is 2. The van der Waals surface area contributed by atoms with Gasteiger partial charge in [0, 0.05) is 30.8 Å². The van der Waals surface area contributed by atoms with Crippen LogP contribution in [0.5, 0.6) is 11.5 Å². The third-order valence-electron chi connectivity index (χ3n) is 6.55. The van der Waals surface area contributed by atoms with Crippen molar-refractivity contribution in [2.75, 3.05) is 14.2 Å². The molecule has 32 heavy (non-hydrogen) atoms. The van der Waals surface area contributed by atoms with Gasteiger partial charge in [-0.05, 0) is 62.1 Å². The standard InChI is InChI=1S/C26H32O6/c1-16(27)22-12-21(13-23(17(2)28)25(22)30)26(8-6-5-7-9-26)20-10-18(14-31-3)24(29)19(11-20)15-32-4/h10-13,29-30H,5-9,14-15H2,1-4H3. The molecule has 2 aromatic rings. The van der Waals surface area contributed by atoms with E-state index in [-0.39, 0.29) is 47.4 Å². The molecule has 0 aromatic heterocycles. The van der Waals surface area contributed by atoms with Crippen LogP contribution in [0.3, 0.4) is 0 Å². The fraction of sp³-hybridized carbons (Fsp3) is 0.462. The van der Waals surface area contributed by atoms with E-state index < -0.39 is 5.41 Å². The van der Waals surface area contributed by atoms with E-state index in [1.54, 1.807) is 26.4 Å². The molecule has 0 bridgehead atoms. The van der Waals surface area contributed by atoms with Crippen molar-refractivity contribution in [3.8, 4) is 11.5 Å². The highest BCUT2D eigenvalue weighted by molar-refractivity contribution is 6.04. The molecular formula is C26H32O6. The number of aromatic hydroxyl groups is 2. The number of benzene rings is 2. The number of rotatable bonds is 8. The van der Waals surface area contributed by atoms with Gasteiger partial charge in [-0.25, -0.2) is 0 Å². The van der Waals surface area contributed by atoms with Crippen molar-refractivity contribution < 1.29 is 29.3 Å². The molecule has 0 amide bonds.